The molecule has 2 aromatic carbocycles. The summed E-state index contributed by atoms with van der Waals surface area (Å²) in [5, 5.41) is 3.07. The minimum Gasteiger partial charge on any atom is -0.349 e. The highest BCUT2D eigenvalue weighted by Crippen LogP contribution is 2.23. The first-order valence-corrected chi connectivity index (χ1v) is 10.9. The summed E-state index contributed by atoms with van der Waals surface area (Å²) in [5.41, 5.74) is 0.951. The molecule has 0 spiro atoms. The summed E-state index contributed by atoms with van der Waals surface area (Å²) in [6.45, 7) is 0. The molecule has 0 aromatic heterocycles. The third-order valence-corrected chi connectivity index (χ3v) is 6.85. The van der Waals surface area contributed by atoms with E-state index < -0.39 is 10.0 Å². The van der Waals surface area contributed by atoms with E-state index in [0.29, 0.717) is 11.3 Å². The van der Waals surface area contributed by atoms with Gasteiger partial charge < -0.3 is 5.32 Å². The van der Waals surface area contributed by atoms with Gasteiger partial charge in [-0.05, 0) is 43.2 Å². The molecular weight excluding hydrogens is 360 g/mol. The molecule has 1 amide bonds. The zero-order valence-corrected chi connectivity index (χ0v) is 16.4. The van der Waals surface area contributed by atoms with Crippen molar-refractivity contribution >= 4 is 21.6 Å². The van der Waals surface area contributed by atoms with Crippen LogP contribution in [0.2, 0.25) is 0 Å². The summed E-state index contributed by atoms with van der Waals surface area (Å²) in [6.07, 6.45) is 6.65. The fraction of sp³-hybridized carbons (Fsp3) is 0.381. The van der Waals surface area contributed by atoms with E-state index in [-0.39, 0.29) is 16.8 Å². The Hall–Kier alpha value is -2.34. The van der Waals surface area contributed by atoms with Crippen molar-refractivity contribution in [2.75, 3.05) is 11.4 Å². The van der Waals surface area contributed by atoms with E-state index in [9.17, 15) is 13.2 Å². The average Bonchev–Trinajstić information content (AvgIpc) is 2.96. The van der Waals surface area contributed by atoms with Gasteiger partial charge in [0.05, 0.1) is 10.6 Å². The lowest BCUT2D eigenvalue weighted by atomic mass is 10.1. The summed E-state index contributed by atoms with van der Waals surface area (Å²) in [5.74, 6) is -0.207. The highest BCUT2D eigenvalue weighted by molar-refractivity contribution is 7.92. The molecule has 0 unspecified atom stereocenters. The molecule has 0 bridgehead atoms. The van der Waals surface area contributed by atoms with E-state index in [2.05, 4.69) is 5.32 Å². The molecule has 2 aromatic rings. The number of nitrogens with one attached hydrogen (secondary N) is 1. The van der Waals surface area contributed by atoms with Gasteiger partial charge in [-0.1, -0.05) is 49.9 Å². The Kier molecular flexibility index (Phi) is 6.16. The number of rotatable bonds is 5. The van der Waals surface area contributed by atoms with Crippen LogP contribution in [0.25, 0.3) is 0 Å². The number of para-hydroxylation sites is 1. The minimum absolute atomic E-state index is 0.113. The van der Waals surface area contributed by atoms with Gasteiger partial charge >= 0.3 is 0 Å². The maximum Gasteiger partial charge on any atom is 0.264 e. The fourth-order valence-corrected chi connectivity index (χ4v) is 4.67. The van der Waals surface area contributed by atoms with Crippen molar-refractivity contribution in [3.05, 3.63) is 60.2 Å². The van der Waals surface area contributed by atoms with Crippen molar-refractivity contribution in [1.29, 1.82) is 0 Å². The molecule has 0 heterocycles. The zero-order chi connectivity index (χ0) is 19.3. The molecule has 1 aliphatic rings. The Bertz CT molecular complexity index is 873. The molecule has 144 valence electrons. The third kappa shape index (κ3) is 4.69. The van der Waals surface area contributed by atoms with E-state index >= 15 is 0 Å². The van der Waals surface area contributed by atoms with E-state index in [0.717, 1.165) is 25.7 Å². The number of anilines is 1. The van der Waals surface area contributed by atoms with E-state index in [1.54, 1.807) is 36.4 Å². The highest BCUT2D eigenvalue weighted by Gasteiger charge is 2.23. The molecule has 0 radical (unpaired) electrons. The van der Waals surface area contributed by atoms with Crippen LogP contribution in [-0.4, -0.2) is 27.4 Å². The summed E-state index contributed by atoms with van der Waals surface area (Å²) in [7, 11) is -2.22. The third-order valence-electron chi connectivity index (χ3n) is 5.06. The second-order valence-corrected chi connectivity index (χ2v) is 8.97. The quantitative estimate of drug-likeness (QED) is 0.791. The second kappa shape index (κ2) is 8.57. The predicted molar refractivity (Wildman–Crippen MR) is 107 cm³/mol. The maximum atomic E-state index is 12.9. The molecule has 1 N–H and O–H groups in total. The van der Waals surface area contributed by atoms with Gasteiger partial charge in [0.15, 0.2) is 0 Å². The number of amides is 1. The lowest BCUT2D eigenvalue weighted by molar-refractivity contribution is 0.0933. The predicted octanol–water partition coefficient (Wildman–Crippen LogP) is 3.96. The maximum absolute atomic E-state index is 12.9. The first-order valence-electron chi connectivity index (χ1n) is 9.43. The molecule has 0 atom stereocenters. The normalized spacial score (nSPS) is 15.7. The Morgan fingerprint density at radius 2 is 1.63 bits per heavy atom. The van der Waals surface area contributed by atoms with Gasteiger partial charge in [0.1, 0.15) is 0 Å². The average molecular weight is 387 g/mol. The fourth-order valence-electron chi connectivity index (χ4n) is 3.43. The van der Waals surface area contributed by atoms with Gasteiger partial charge in [-0.25, -0.2) is 8.42 Å². The Labute approximate surface area is 161 Å². The van der Waals surface area contributed by atoms with Crippen LogP contribution in [0.3, 0.4) is 0 Å². The lowest BCUT2D eigenvalue weighted by Gasteiger charge is -2.20. The first kappa shape index (κ1) is 19.4. The summed E-state index contributed by atoms with van der Waals surface area (Å²) < 4.78 is 27.1. The van der Waals surface area contributed by atoms with Gasteiger partial charge in [-0.3, -0.25) is 9.10 Å². The largest absolute Gasteiger partial charge is 0.349 e. The van der Waals surface area contributed by atoms with E-state index in [4.69, 9.17) is 0 Å². The number of sulfonamides is 1. The van der Waals surface area contributed by atoms with Gasteiger partial charge in [-0.2, -0.15) is 0 Å². The molecule has 1 aliphatic carbocycles. The van der Waals surface area contributed by atoms with Crippen molar-refractivity contribution in [2.45, 2.75) is 49.5 Å². The van der Waals surface area contributed by atoms with Crippen molar-refractivity contribution < 1.29 is 13.2 Å². The number of hydrogen-bond acceptors (Lipinski definition) is 3. The smallest absolute Gasteiger partial charge is 0.264 e. The van der Waals surface area contributed by atoms with Crippen LogP contribution in [0.5, 0.6) is 0 Å². The van der Waals surface area contributed by atoms with Crippen LogP contribution in [0.4, 0.5) is 5.69 Å². The molecule has 0 aliphatic heterocycles. The number of carbonyl (C=O) groups is 1. The van der Waals surface area contributed by atoms with Crippen molar-refractivity contribution in [2.24, 2.45) is 0 Å². The molecule has 5 nitrogen and oxygen atoms in total. The van der Waals surface area contributed by atoms with E-state index in [1.165, 1.54) is 36.3 Å². The summed E-state index contributed by atoms with van der Waals surface area (Å²) in [4.78, 5) is 12.7. The second-order valence-electron chi connectivity index (χ2n) is 7.00. The Morgan fingerprint density at radius 3 is 2.30 bits per heavy atom. The van der Waals surface area contributed by atoms with Crippen LogP contribution in [0, 0.1) is 0 Å². The lowest BCUT2D eigenvalue weighted by Crippen LogP contribution is -2.34. The molecule has 3 rings (SSSR count). The Morgan fingerprint density at radius 1 is 0.963 bits per heavy atom. The summed E-state index contributed by atoms with van der Waals surface area (Å²) >= 11 is 0. The minimum atomic E-state index is -3.73. The SMILES string of the molecule is CN(c1ccccc1)S(=O)(=O)c1cccc(C(=O)NC2CCCCCC2)c1. The van der Waals surface area contributed by atoms with Gasteiger partial charge in [0.2, 0.25) is 0 Å². The van der Waals surface area contributed by atoms with Gasteiger partial charge in [0, 0.05) is 18.7 Å². The van der Waals surface area contributed by atoms with E-state index in [1.807, 2.05) is 6.07 Å². The molecule has 6 heteroatoms. The topological polar surface area (TPSA) is 66.5 Å². The number of nitrogens with zero attached hydrogens (tertiary/aromatic N) is 1. The van der Waals surface area contributed by atoms with Gasteiger partial charge in [0.25, 0.3) is 15.9 Å². The highest BCUT2D eigenvalue weighted by atomic mass is 32.2. The molecule has 27 heavy (non-hydrogen) atoms. The van der Waals surface area contributed by atoms with Crippen molar-refractivity contribution in [3.63, 3.8) is 0 Å². The monoisotopic (exact) mass is 386 g/mol. The standard InChI is InChI=1S/C21H26N2O3S/c1-23(19-13-7-4-8-14-19)27(25,26)20-15-9-10-17(16-20)21(24)22-18-11-5-2-3-6-12-18/h4,7-10,13-16,18H,2-3,5-6,11-12H2,1H3,(H,22,24). The number of carbonyl (C=O) groups excluding carboxylic acids is 1. The summed E-state index contributed by atoms with van der Waals surface area (Å²) in [6, 6.07) is 15.3. The molecule has 1 saturated carbocycles. The zero-order valence-electron chi connectivity index (χ0n) is 15.6. The molecule has 1 fully saturated rings. The van der Waals surface area contributed by atoms with Gasteiger partial charge in [-0.15, -0.1) is 0 Å². The van der Waals surface area contributed by atoms with Crippen LogP contribution < -0.4 is 9.62 Å². The van der Waals surface area contributed by atoms with Crippen LogP contribution in [0.1, 0.15) is 48.9 Å². The molecule has 0 saturated heterocycles. The number of benzene rings is 2. The Balaban J connectivity index is 1.79. The first-order chi connectivity index (χ1) is 13.0. The van der Waals surface area contributed by atoms with Crippen molar-refractivity contribution in [1.82, 2.24) is 5.32 Å². The van der Waals surface area contributed by atoms with Crippen LogP contribution in [0.15, 0.2) is 59.5 Å². The van der Waals surface area contributed by atoms with Crippen LogP contribution >= 0.6 is 0 Å². The molecular formula is C21H26N2O3S. The number of hydrogen-bond donors (Lipinski definition) is 1. The van der Waals surface area contributed by atoms with Crippen LogP contribution in [-0.2, 0) is 10.0 Å². The van der Waals surface area contributed by atoms with Crippen molar-refractivity contribution in [3.8, 4) is 0 Å².